The number of carbonyl (C=O) groups excluding carboxylic acids is 1. The Kier molecular flexibility index (Phi) is 5.09. The molecule has 0 amide bonds. The van der Waals surface area contributed by atoms with Crippen molar-refractivity contribution in [1.29, 1.82) is 0 Å². The smallest absolute Gasteiger partial charge is 0.354 e. The fourth-order valence-corrected chi connectivity index (χ4v) is 1.74. The van der Waals surface area contributed by atoms with Gasteiger partial charge in [-0.1, -0.05) is 6.92 Å². The van der Waals surface area contributed by atoms with Gasteiger partial charge >= 0.3 is 5.97 Å². The lowest BCUT2D eigenvalue weighted by Gasteiger charge is -2.06. The minimum Gasteiger partial charge on any atom is -0.497 e. The Hall–Kier alpha value is -1.43. The maximum atomic E-state index is 12.9. The summed E-state index contributed by atoms with van der Waals surface area (Å²) >= 11 is -1.99. The lowest BCUT2D eigenvalue weighted by molar-refractivity contribution is -0.139. The van der Waals surface area contributed by atoms with Crippen molar-refractivity contribution in [3.05, 3.63) is 24.3 Å². The van der Waals surface area contributed by atoms with E-state index in [1.807, 2.05) is 0 Å². The zero-order chi connectivity index (χ0) is 12.8. The monoisotopic (exact) mass is 260 g/mol. The zero-order valence-electron chi connectivity index (χ0n) is 9.51. The molecule has 1 aromatic rings. The molecule has 0 aliphatic heterocycles. The molecule has 0 aromatic heterocycles. The highest BCUT2D eigenvalue weighted by molar-refractivity contribution is 7.80. The van der Waals surface area contributed by atoms with Crippen molar-refractivity contribution in [3.8, 4) is 5.75 Å². The van der Waals surface area contributed by atoms with Crippen LogP contribution in [0.25, 0.3) is 0 Å². The summed E-state index contributed by atoms with van der Waals surface area (Å²) in [5.41, 5.74) is 0. The van der Waals surface area contributed by atoms with E-state index in [0.717, 1.165) is 0 Å². The van der Waals surface area contributed by atoms with Crippen LogP contribution < -0.4 is 4.74 Å². The van der Waals surface area contributed by atoms with Crippen molar-refractivity contribution in [2.45, 2.75) is 24.4 Å². The first-order chi connectivity index (χ1) is 8.08. The van der Waals surface area contributed by atoms with E-state index in [1.165, 1.54) is 26.2 Å². The summed E-state index contributed by atoms with van der Waals surface area (Å²) in [4.78, 5) is 11.3. The Morgan fingerprint density at radius 3 is 2.47 bits per heavy atom. The van der Waals surface area contributed by atoms with Gasteiger partial charge in [-0.3, -0.25) is 0 Å². The van der Waals surface area contributed by atoms with Crippen LogP contribution in [-0.4, -0.2) is 23.5 Å². The molecule has 94 valence electrons. The van der Waals surface area contributed by atoms with Crippen LogP contribution >= 0.6 is 0 Å². The van der Waals surface area contributed by atoms with Crippen LogP contribution in [-0.2, 0) is 20.1 Å². The van der Waals surface area contributed by atoms with Crippen molar-refractivity contribution in [2.75, 3.05) is 7.11 Å². The summed E-state index contributed by atoms with van der Waals surface area (Å²) in [5, 5.41) is 0. The molecule has 2 unspecified atom stereocenters. The topological polar surface area (TPSA) is 52.6 Å². The van der Waals surface area contributed by atoms with Crippen LogP contribution in [0.4, 0.5) is 4.39 Å². The second-order valence-electron chi connectivity index (χ2n) is 3.19. The molecule has 0 aliphatic rings. The minimum atomic E-state index is -1.99. The molecule has 4 nitrogen and oxygen atoms in total. The van der Waals surface area contributed by atoms with Gasteiger partial charge in [0.1, 0.15) is 5.75 Å². The fourth-order valence-electron chi connectivity index (χ4n) is 1.03. The lowest BCUT2D eigenvalue weighted by Crippen LogP contribution is -2.19. The molecule has 0 saturated carbocycles. The van der Waals surface area contributed by atoms with Crippen LogP contribution in [0.15, 0.2) is 29.2 Å². The second kappa shape index (κ2) is 6.34. The van der Waals surface area contributed by atoms with Gasteiger partial charge in [0.15, 0.2) is 6.17 Å². The maximum Gasteiger partial charge on any atom is 0.354 e. The molecule has 0 aliphatic carbocycles. The summed E-state index contributed by atoms with van der Waals surface area (Å²) < 4.78 is 33.8. The van der Waals surface area contributed by atoms with Crippen LogP contribution in [0, 0.1) is 0 Å². The molecule has 17 heavy (non-hydrogen) atoms. The largest absolute Gasteiger partial charge is 0.497 e. The van der Waals surface area contributed by atoms with Gasteiger partial charge in [0.25, 0.3) is 0 Å². The number of hydrogen-bond acceptors (Lipinski definition) is 4. The van der Waals surface area contributed by atoms with E-state index in [9.17, 15) is 13.4 Å². The Morgan fingerprint density at radius 1 is 1.41 bits per heavy atom. The molecule has 0 heterocycles. The van der Waals surface area contributed by atoms with Crippen LogP contribution in [0.5, 0.6) is 5.75 Å². The molecule has 2 atom stereocenters. The van der Waals surface area contributed by atoms with Crippen molar-refractivity contribution in [1.82, 2.24) is 0 Å². The molecule has 0 saturated heterocycles. The Bertz CT molecular complexity index is 404. The van der Waals surface area contributed by atoms with Crippen molar-refractivity contribution in [3.63, 3.8) is 0 Å². The first kappa shape index (κ1) is 13.6. The predicted octanol–water partition coefficient (Wildman–Crippen LogP) is 2.01. The standard InChI is InChI=1S/C11H13FO4S/c1-3-10(12)11(13)16-17(14)9-6-4-8(15-2)5-7-9/h4-7,10H,3H2,1-2H3. The SMILES string of the molecule is CCC(F)C(=O)OS(=O)c1ccc(OC)cc1. The third-order valence-electron chi connectivity index (χ3n) is 2.02. The van der Waals surface area contributed by atoms with E-state index in [1.54, 1.807) is 12.1 Å². The highest BCUT2D eigenvalue weighted by Crippen LogP contribution is 2.15. The molecule has 0 fully saturated rings. The number of methoxy groups -OCH3 is 1. The van der Waals surface area contributed by atoms with Crippen LogP contribution in [0.3, 0.4) is 0 Å². The van der Waals surface area contributed by atoms with Gasteiger partial charge in [0.05, 0.1) is 12.0 Å². The third-order valence-corrected chi connectivity index (χ3v) is 3.00. The van der Waals surface area contributed by atoms with Crippen molar-refractivity contribution < 1.29 is 22.3 Å². The van der Waals surface area contributed by atoms with Gasteiger partial charge in [-0.25, -0.2) is 13.4 Å². The van der Waals surface area contributed by atoms with Crippen molar-refractivity contribution >= 4 is 17.0 Å². The number of rotatable bonds is 5. The number of hydrogen-bond donors (Lipinski definition) is 0. The van der Waals surface area contributed by atoms with Gasteiger partial charge in [-0.15, -0.1) is 0 Å². The zero-order valence-corrected chi connectivity index (χ0v) is 10.3. The lowest BCUT2D eigenvalue weighted by atomic mass is 10.3. The molecular formula is C11H13FO4S. The predicted molar refractivity (Wildman–Crippen MR) is 60.7 cm³/mol. The quantitative estimate of drug-likeness (QED) is 0.812. The van der Waals surface area contributed by atoms with E-state index in [0.29, 0.717) is 5.75 Å². The average Bonchev–Trinajstić information content (AvgIpc) is 2.37. The third kappa shape index (κ3) is 3.81. The summed E-state index contributed by atoms with van der Waals surface area (Å²) in [6.07, 6.45) is -1.74. The Morgan fingerprint density at radius 2 is 2.00 bits per heavy atom. The number of halogens is 1. The summed E-state index contributed by atoms with van der Waals surface area (Å²) in [7, 11) is 1.50. The average molecular weight is 260 g/mol. The molecule has 0 spiro atoms. The normalized spacial score (nSPS) is 13.8. The molecular weight excluding hydrogens is 247 g/mol. The van der Waals surface area contributed by atoms with Crippen molar-refractivity contribution in [2.24, 2.45) is 0 Å². The number of ether oxygens (including phenoxy) is 1. The number of benzene rings is 1. The molecule has 0 bridgehead atoms. The summed E-state index contributed by atoms with van der Waals surface area (Å²) in [6.45, 7) is 1.50. The van der Waals surface area contributed by atoms with E-state index in [-0.39, 0.29) is 11.3 Å². The summed E-state index contributed by atoms with van der Waals surface area (Å²) in [5.74, 6) is -0.518. The summed E-state index contributed by atoms with van der Waals surface area (Å²) in [6, 6.07) is 6.13. The Balaban J connectivity index is 2.66. The highest BCUT2D eigenvalue weighted by Gasteiger charge is 2.20. The van der Waals surface area contributed by atoms with Gasteiger partial charge in [-0.05, 0) is 30.7 Å². The van der Waals surface area contributed by atoms with Gasteiger partial charge < -0.3 is 8.92 Å². The van der Waals surface area contributed by atoms with E-state index >= 15 is 0 Å². The number of carbonyl (C=O) groups is 1. The molecule has 6 heteroatoms. The first-order valence-corrected chi connectivity index (χ1v) is 6.08. The van der Waals surface area contributed by atoms with Gasteiger partial charge in [-0.2, -0.15) is 0 Å². The van der Waals surface area contributed by atoms with Gasteiger partial charge in [0, 0.05) is 0 Å². The fraction of sp³-hybridized carbons (Fsp3) is 0.364. The highest BCUT2D eigenvalue weighted by atomic mass is 32.2. The number of alkyl halides is 1. The molecule has 0 radical (unpaired) electrons. The maximum absolute atomic E-state index is 12.9. The second-order valence-corrected chi connectivity index (χ2v) is 4.30. The van der Waals surface area contributed by atoms with E-state index in [2.05, 4.69) is 4.18 Å². The Labute approximate surface area is 101 Å². The molecule has 0 N–H and O–H groups in total. The van der Waals surface area contributed by atoms with Crippen LogP contribution in [0.2, 0.25) is 0 Å². The molecule has 1 aromatic carbocycles. The van der Waals surface area contributed by atoms with Gasteiger partial charge in [0.2, 0.25) is 11.1 Å². The molecule has 1 rings (SSSR count). The minimum absolute atomic E-state index is 0.00134. The van der Waals surface area contributed by atoms with E-state index < -0.39 is 23.2 Å². The van der Waals surface area contributed by atoms with Crippen LogP contribution in [0.1, 0.15) is 13.3 Å². The first-order valence-electron chi connectivity index (χ1n) is 5.00. The van der Waals surface area contributed by atoms with E-state index in [4.69, 9.17) is 4.74 Å².